The second kappa shape index (κ2) is 7.58. The molecule has 1 N–H and O–H groups in total. The highest BCUT2D eigenvalue weighted by molar-refractivity contribution is 6.32. The van der Waals surface area contributed by atoms with Crippen molar-refractivity contribution in [1.82, 2.24) is 5.32 Å². The number of amides is 1. The Bertz CT molecular complexity index is 326. The quantitative estimate of drug-likeness (QED) is 0.605. The summed E-state index contributed by atoms with van der Waals surface area (Å²) in [4.78, 5) is 11.5. The lowest BCUT2D eigenvalue weighted by Crippen LogP contribution is -2.24. The lowest BCUT2D eigenvalue weighted by atomic mass is 10.2. The van der Waals surface area contributed by atoms with Crippen LogP contribution in [0.4, 0.5) is 0 Å². The fourth-order valence-corrected chi connectivity index (χ4v) is 1.72. The average molecular weight is 264 g/mol. The fraction of sp³-hybridized carbons (Fsp3) is 0.545. The van der Waals surface area contributed by atoms with Crippen LogP contribution in [0.3, 0.4) is 0 Å². The van der Waals surface area contributed by atoms with Crippen molar-refractivity contribution in [2.24, 2.45) is 0 Å². The molecule has 3 nitrogen and oxygen atoms in total. The maximum Gasteiger partial charge on any atom is 0.256 e. The van der Waals surface area contributed by atoms with E-state index in [0.29, 0.717) is 18.0 Å². The Hall–Kier alpha value is -0.670. The maximum absolute atomic E-state index is 11.5. The van der Waals surface area contributed by atoms with Crippen molar-refractivity contribution in [2.75, 3.05) is 12.4 Å². The van der Waals surface area contributed by atoms with Crippen molar-refractivity contribution in [1.29, 1.82) is 0 Å². The molecule has 0 spiro atoms. The summed E-state index contributed by atoms with van der Waals surface area (Å²) in [6.07, 6.45) is 5.57. The number of hydrogen-bond donors (Lipinski definition) is 1. The Morgan fingerprint density at radius 1 is 1.31 bits per heavy atom. The van der Waals surface area contributed by atoms with Crippen LogP contribution in [0.25, 0.3) is 0 Å². The highest BCUT2D eigenvalue weighted by Crippen LogP contribution is 2.16. The molecule has 0 unspecified atom stereocenters. The van der Waals surface area contributed by atoms with Gasteiger partial charge in [0.25, 0.3) is 5.91 Å². The van der Waals surface area contributed by atoms with E-state index in [1.807, 2.05) is 0 Å². The van der Waals surface area contributed by atoms with E-state index >= 15 is 0 Å². The topological polar surface area (TPSA) is 42.2 Å². The predicted molar refractivity (Wildman–Crippen MR) is 65.2 cm³/mol. The van der Waals surface area contributed by atoms with E-state index in [2.05, 4.69) is 5.32 Å². The summed E-state index contributed by atoms with van der Waals surface area (Å²) >= 11 is 11.2. The van der Waals surface area contributed by atoms with Crippen molar-refractivity contribution in [3.8, 4) is 0 Å². The Kier molecular flexibility index (Phi) is 6.34. The second-order valence-electron chi connectivity index (χ2n) is 3.47. The molecule has 0 radical (unpaired) electrons. The molecular formula is C11H15Cl2NO2. The third-order valence-corrected chi connectivity index (χ3v) is 2.77. The number of hydrogen-bond acceptors (Lipinski definition) is 2. The molecule has 1 rings (SSSR count). The van der Waals surface area contributed by atoms with Gasteiger partial charge in [-0.1, -0.05) is 12.8 Å². The molecule has 0 aromatic carbocycles. The number of rotatable bonds is 7. The van der Waals surface area contributed by atoms with Gasteiger partial charge in [0.1, 0.15) is 0 Å². The molecule has 1 aromatic rings. The summed E-state index contributed by atoms with van der Waals surface area (Å²) in [6.45, 7) is 0.655. The number of halogens is 2. The summed E-state index contributed by atoms with van der Waals surface area (Å²) in [5.74, 6) is 0.521. The summed E-state index contributed by atoms with van der Waals surface area (Å²) in [7, 11) is 0. The van der Waals surface area contributed by atoms with Crippen LogP contribution in [0.5, 0.6) is 0 Å². The molecule has 0 bridgehead atoms. The van der Waals surface area contributed by atoms with E-state index in [4.69, 9.17) is 27.6 Å². The molecule has 1 heterocycles. The number of furan rings is 1. The smallest absolute Gasteiger partial charge is 0.256 e. The highest BCUT2D eigenvalue weighted by Gasteiger charge is 2.11. The number of alkyl halides is 1. The number of unbranched alkanes of at least 4 members (excludes halogenated alkanes) is 3. The van der Waals surface area contributed by atoms with Gasteiger partial charge in [0, 0.05) is 12.4 Å². The third-order valence-electron chi connectivity index (χ3n) is 2.21. The monoisotopic (exact) mass is 263 g/mol. The van der Waals surface area contributed by atoms with E-state index in [1.165, 1.54) is 6.26 Å². The van der Waals surface area contributed by atoms with Crippen LogP contribution in [0.15, 0.2) is 16.7 Å². The predicted octanol–water partition coefficient (Wildman–Crippen LogP) is 3.46. The Morgan fingerprint density at radius 2 is 2.06 bits per heavy atom. The minimum atomic E-state index is -0.184. The van der Waals surface area contributed by atoms with Crippen LogP contribution in [-0.4, -0.2) is 18.3 Å². The molecule has 16 heavy (non-hydrogen) atoms. The van der Waals surface area contributed by atoms with Crippen LogP contribution < -0.4 is 5.32 Å². The van der Waals surface area contributed by atoms with E-state index in [-0.39, 0.29) is 11.1 Å². The lowest BCUT2D eigenvalue weighted by molar-refractivity contribution is 0.0952. The summed E-state index contributed by atoms with van der Waals surface area (Å²) in [5, 5.41) is 2.92. The molecule has 0 saturated heterocycles. The van der Waals surface area contributed by atoms with E-state index < -0.39 is 0 Å². The van der Waals surface area contributed by atoms with Gasteiger partial charge in [-0.05, 0) is 30.5 Å². The molecule has 90 valence electrons. The van der Waals surface area contributed by atoms with Crippen molar-refractivity contribution >= 4 is 29.1 Å². The molecular weight excluding hydrogens is 249 g/mol. The first-order chi connectivity index (χ1) is 7.75. The average Bonchev–Trinajstić information content (AvgIpc) is 2.69. The molecule has 5 heteroatoms. The third kappa shape index (κ3) is 4.45. The minimum Gasteiger partial charge on any atom is -0.452 e. The van der Waals surface area contributed by atoms with Crippen molar-refractivity contribution < 1.29 is 9.21 Å². The molecule has 1 amide bonds. The normalized spacial score (nSPS) is 10.4. The standard InChI is InChI=1S/C11H15Cl2NO2/c12-6-3-1-2-4-7-14-11(15)9-5-8-16-10(9)13/h5,8H,1-4,6-7H2,(H,14,15). The van der Waals surface area contributed by atoms with E-state index in [1.54, 1.807) is 6.07 Å². The molecule has 0 aliphatic heterocycles. The molecule has 0 saturated carbocycles. The largest absolute Gasteiger partial charge is 0.452 e. The lowest BCUT2D eigenvalue weighted by Gasteiger charge is -2.03. The molecule has 0 fully saturated rings. The Labute approximate surface area is 105 Å². The van der Waals surface area contributed by atoms with E-state index in [0.717, 1.165) is 25.7 Å². The van der Waals surface area contributed by atoms with Crippen molar-refractivity contribution in [3.63, 3.8) is 0 Å². The molecule has 0 aliphatic carbocycles. The molecule has 1 aromatic heterocycles. The first-order valence-corrected chi connectivity index (χ1v) is 6.24. The van der Waals surface area contributed by atoms with E-state index in [9.17, 15) is 4.79 Å². The van der Waals surface area contributed by atoms with Crippen LogP contribution in [0.1, 0.15) is 36.0 Å². The summed E-state index contributed by atoms with van der Waals surface area (Å²) < 4.78 is 4.83. The van der Waals surface area contributed by atoms with Crippen LogP contribution in [0, 0.1) is 0 Å². The van der Waals surface area contributed by atoms with Gasteiger partial charge in [0.05, 0.1) is 11.8 Å². The van der Waals surface area contributed by atoms with Gasteiger partial charge in [-0.2, -0.15) is 0 Å². The Morgan fingerprint density at radius 3 is 2.69 bits per heavy atom. The number of carbonyl (C=O) groups excluding carboxylic acids is 1. The van der Waals surface area contributed by atoms with Gasteiger partial charge in [-0.15, -0.1) is 11.6 Å². The van der Waals surface area contributed by atoms with Crippen LogP contribution in [0.2, 0.25) is 5.22 Å². The zero-order valence-corrected chi connectivity index (χ0v) is 10.5. The first-order valence-electron chi connectivity index (χ1n) is 5.33. The van der Waals surface area contributed by atoms with Gasteiger partial charge < -0.3 is 9.73 Å². The van der Waals surface area contributed by atoms with Gasteiger partial charge >= 0.3 is 0 Å². The van der Waals surface area contributed by atoms with Crippen LogP contribution in [-0.2, 0) is 0 Å². The van der Waals surface area contributed by atoms with Crippen LogP contribution >= 0.6 is 23.2 Å². The van der Waals surface area contributed by atoms with Crippen molar-refractivity contribution in [2.45, 2.75) is 25.7 Å². The molecule has 0 atom stereocenters. The zero-order valence-electron chi connectivity index (χ0n) is 8.97. The van der Waals surface area contributed by atoms with Crippen molar-refractivity contribution in [3.05, 3.63) is 23.1 Å². The number of carbonyl (C=O) groups is 1. The fourth-order valence-electron chi connectivity index (χ4n) is 1.33. The highest BCUT2D eigenvalue weighted by atomic mass is 35.5. The summed E-state index contributed by atoms with van der Waals surface area (Å²) in [5.41, 5.74) is 0.391. The summed E-state index contributed by atoms with van der Waals surface area (Å²) in [6, 6.07) is 1.56. The van der Waals surface area contributed by atoms with Gasteiger partial charge in [-0.25, -0.2) is 0 Å². The Balaban J connectivity index is 2.14. The zero-order chi connectivity index (χ0) is 11.8. The van der Waals surface area contributed by atoms with Gasteiger partial charge in [0.15, 0.2) is 0 Å². The molecule has 0 aliphatic rings. The van der Waals surface area contributed by atoms with Gasteiger partial charge in [0.2, 0.25) is 5.22 Å². The van der Waals surface area contributed by atoms with Gasteiger partial charge in [-0.3, -0.25) is 4.79 Å². The maximum atomic E-state index is 11.5. The number of nitrogens with one attached hydrogen (secondary N) is 1. The SMILES string of the molecule is O=C(NCCCCCCCl)c1ccoc1Cl. The second-order valence-corrected chi connectivity index (χ2v) is 4.19. The first kappa shape index (κ1) is 13.4. The minimum absolute atomic E-state index is 0.139.